The maximum absolute atomic E-state index is 14.1. The maximum Gasteiger partial charge on any atom is 0.170 e. The third-order valence-corrected chi connectivity index (χ3v) is 3.52. The monoisotopic (exact) mass is 340 g/mol. The molecule has 5 heteroatoms. The zero-order valence-corrected chi connectivity index (χ0v) is 12.8. The molecular formula is C15H15BrF2N2. The van der Waals surface area contributed by atoms with Crippen LogP contribution in [0.4, 0.5) is 8.78 Å². The van der Waals surface area contributed by atoms with Crippen LogP contribution in [0.1, 0.15) is 31.7 Å². The summed E-state index contributed by atoms with van der Waals surface area (Å²) in [5.74, 6) is -1.49. The normalized spacial score (nSPS) is 10.8. The lowest BCUT2D eigenvalue weighted by Crippen LogP contribution is -1.99. The molecule has 1 aromatic heterocycles. The van der Waals surface area contributed by atoms with Crippen molar-refractivity contribution in [3.63, 3.8) is 0 Å². The third kappa shape index (κ3) is 3.39. The molecule has 0 radical (unpaired) electrons. The predicted molar refractivity (Wildman–Crippen MR) is 78.3 cm³/mol. The summed E-state index contributed by atoms with van der Waals surface area (Å²) in [5.41, 5.74) is 0.498. The highest BCUT2D eigenvalue weighted by Crippen LogP contribution is 2.25. The van der Waals surface area contributed by atoms with Gasteiger partial charge in [-0.2, -0.15) is 0 Å². The van der Waals surface area contributed by atoms with Crippen LogP contribution in [0.25, 0.3) is 11.4 Å². The highest BCUT2D eigenvalue weighted by molar-refractivity contribution is 9.10. The van der Waals surface area contributed by atoms with Crippen molar-refractivity contribution in [2.45, 2.75) is 32.6 Å². The molecule has 0 aliphatic carbocycles. The van der Waals surface area contributed by atoms with Crippen molar-refractivity contribution in [3.05, 3.63) is 46.2 Å². The first kappa shape index (κ1) is 15.0. The van der Waals surface area contributed by atoms with E-state index in [9.17, 15) is 8.78 Å². The van der Waals surface area contributed by atoms with Crippen LogP contribution in [-0.2, 0) is 6.42 Å². The van der Waals surface area contributed by atoms with Gasteiger partial charge in [-0.05, 0) is 46.5 Å². The standard InChI is InChI=1S/C15H15BrF2N2/c1-2-3-4-5-10-6-7-11(14(18)13(10)17)15-19-9-8-12(16)20-15/h6-9H,2-5H2,1H3. The highest BCUT2D eigenvalue weighted by atomic mass is 79.9. The van der Waals surface area contributed by atoms with Crippen LogP contribution in [0, 0.1) is 11.6 Å². The fourth-order valence-electron chi connectivity index (χ4n) is 1.99. The minimum absolute atomic E-state index is 0.0861. The zero-order valence-electron chi connectivity index (χ0n) is 11.2. The molecule has 106 valence electrons. The van der Waals surface area contributed by atoms with Gasteiger partial charge in [-0.3, -0.25) is 0 Å². The van der Waals surface area contributed by atoms with Gasteiger partial charge < -0.3 is 0 Å². The molecule has 2 aromatic rings. The van der Waals surface area contributed by atoms with Gasteiger partial charge in [0.15, 0.2) is 17.5 Å². The van der Waals surface area contributed by atoms with Crippen LogP contribution < -0.4 is 0 Å². The molecule has 0 fully saturated rings. The van der Waals surface area contributed by atoms with Crippen molar-refractivity contribution in [2.24, 2.45) is 0 Å². The summed E-state index contributed by atoms with van der Waals surface area (Å²) in [6, 6.07) is 4.80. The van der Waals surface area contributed by atoms with Gasteiger partial charge >= 0.3 is 0 Å². The van der Waals surface area contributed by atoms with E-state index < -0.39 is 11.6 Å². The molecule has 20 heavy (non-hydrogen) atoms. The van der Waals surface area contributed by atoms with E-state index in [1.54, 1.807) is 18.2 Å². The minimum atomic E-state index is -0.878. The van der Waals surface area contributed by atoms with Crippen molar-refractivity contribution in [1.29, 1.82) is 0 Å². The topological polar surface area (TPSA) is 25.8 Å². The van der Waals surface area contributed by atoms with Gasteiger partial charge in [-0.15, -0.1) is 0 Å². The molecule has 0 aliphatic heterocycles. The molecule has 0 spiro atoms. The van der Waals surface area contributed by atoms with E-state index in [0.717, 1.165) is 19.3 Å². The van der Waals surface area contributed by atoms with E-state index in [1.807, 2.05) is 0 Å². The van der Waals surface area contributed by atoms with E-state index in [-0.39, 0.29) is 11.4 Å². The average molecular weight is 341 g/mol. The molecule has 1 heterocycles. The first-order chi connectivity index (χ1) is 9.63. The SMILES string of the molecule is CCCCCc1ccc(-c2nccc(Br)n2)c(F)c1F. The fraction of sp³-hybridized carbons (Fsp3) is 0.333. The van der Waals surface area contributed by atoms with Gasteiger partial charge in [0.05, 0.1) is 5.56 Å². The zero-order chi connectivity index (χ0) is 14.5. The number of aromatic nitrogens is 2. The summed E-state index contributed by atoms with van der Waals surface area (Å²) in [5, 5.41) is 0. The highest BCUT2D eigenvalue weighted by Gasteiger charge is 2.16. The number of halogens is 3. The predicted octanol–water partition coefficient (Wildman–Crippen LogP) is 4.92. The molecule has 0 bridgehead atoms. The first-order valence-electron chi connectivity index (χ1n) is 6.59. The molecule has 2 rings (SSSR count). The molecule has 0 aliphatic rings. The molecule has 0 saturated heterocycles. The Hall–Kier alpha value is -1.36. The smallest absolute Gasteiger partial charge is 0.170 e. The van der Waals surface area contributed by atoms with Crippen LogP contribution in [0.15, 0.2) is 29.0 Å². The average Bonchev–Trinajstić information content (AvgIpc) is 2.44. The van der Waals surface area contributed by atoms with Crippen molar-refractivity contribution in [3.8, 4) is 11.4 Å². The van der Waals surface area contributed by atoms with E-state index >= 15 is 0 Å². The lowest BCUT2D eigenvalue weighted by Gasteiger charge is -2.07. The molecule has 0 saturated carbocycles. The Bertz CT molecular complexity index is 602. The second kappa shape index (κ2) is 6.88. The Morgan fingerprint density at radius 2 is 1.90 bits per heavy atom. The number of rotatable bonds is 5. The van der Waals surface area contributed by atoms with Gasteiger partial charge in [-0.1, -0.05) is 25.8 Å². The number of nitrogens with zero attached hydrogens (tertiary/aromatic N) is 2. The van der Waals surface area contributed by atoms with E-state index in [4.69, 9.17) is 0 Å². The molecule has 0 unspecified atom stereocenters. The minimum Gasteiger partial charge on any atom is -0.236 e. The lowest BCUT2D eigenvalue weighted by atomic mass is 10.0. The van der Waals surface area contributed by atoms with E-state index in [1.165, 1.54) is 6.20 Å². The molecular weight excluding hydrogens is 326 g/mol. The maximum atomic E-state index is 14.1. The first-order valence-corrected chi connectivity index (χ1v) is 7.38. The number of benzene rings is 1. The van der Waals surface area contributed by atoms with E-state index in [2.05, 4.69) is 32.8 Å². The van der Waals surface area contributed by atoms with Crippen LogP contribution in [0.2, 0.25) is 0 Å². The van der Waals surface area contributed by atoms with Crippen molar-refractivity contribution in [1.82, 2.24) is 9.97 Å². The molecule has 2 nitrogen and oxygen atoms in total. The van der Waals surface area contributed by atoms with E-state index in [0.29, 0.717) is 16.6 Å². The summed E-state index contributed by atoms with van der Waals surface area (Å²) in [7, 11) is 0. The van der Waals surface area contributed by atoms with Gasteiger partial charge in [0.2, 0.25) is 0 Å². The quantitative estimate of drug-likeness (QED) is 0.570. The van der Waals surface area contributed by atoms with Crippen LogP contribution >= 0.6 is 15.9 Å². The van der Waals surface area contributed by atoms with Crippen LogP contribution in [-0.4, -0.2) is 9.97 Å². The van der Waals surface area contributed by atoms with Crippen LogP contribution in [0.5, 0.6) is 0 Å². The summed E-state index contributed by atoms with van der Waals surface area (Å²) >= 11 is 3.19. The molecule has 1 aromatic carbocycles. The largest absolute Gasteiger partial charge is 0.236 e. The van der Waals surface area contributed by atoms with Gasteiger partial charge in [0.25, 0.3) is 0 Å². The van der Waals surface area contributed by atoms with Crippen molar-refractivity contribution < 1.29 is 8.78 Å². The van der Waals surface area contributed by atoms with Gasteiger partial charge in [-0.25, -0.2) is 18.7 Å². The Labute approximate surface area is 125 Å². The number of hydrogen-bond donors (Lipinski definition) is 0. The summed E-state index contributed by atoms with van der Waals surface area (Å²) in [4.78, 5) is 8.02. The lowest BCUT2D eigenvalue weighted by molar-refractivity contribution is 0.498. The Morgan fingerprint density at radius 3 is 2.60 bits per heavy atom. The summed E-state index contributed by atoms with van der Waals surface area (Å²) in [6.07, 6.45) is 4.97. The number of unbranched alkanes of at least 4 members (excludes halogenated alkanes) is 2. The Kier molecular flexibility index (Phi) is 5.17. The van der Waals surface area contributed by atoms with Gasteiger partial charge in [0.1, 0.15) is 4.60 Å². The number of aryl methyl sites for hydroxylation is 1. The Balaban J connectivity index is 2.31. The molecule has 0 N–H and O–H groups in total. The summed E-state index contributed by atoms with van der Waals surface area (Å²) < 4.78 is 28.7. The number of hydrogen-bond acceptors (Lipinski definition) is 2. The second-order valence-corrected chi connectivity index (χ2v) is 5.37. The Morgan fingerprint density at radius 1 is 1.10 bits per heavy atom. The second-order valence-electron chi connectivity index (χ2n) is 4.56. The third-order valence-electron chi connectivity index (χ3n) is 3.07. The van der Waals surface area contributed by atoms with Gasteiger partial charge in [0, 0.05) is 6.20 Å². The van der Waals surface area contributed by atoms with Crippen LogP contribution in [0.3, 0.4) is 0 Å². The summed E-state index contributed by atoms with van der Waals surface area (Å²) in [6.45, 7) is 2.07. The molecule has 0 atom stereocenters. The molecule has 0 amide bonds. The van der Waals surface area contributed by atoms with Crippen molar-refractivity contribution >= 4 is 15.9 Å². The van der Waals surface area contributed by atoms with Crippen molar-refractivity contribution in [2.75, 3.05) is 0 Å². The fourth-order valence-corrected chi connectivity index (χ4v) is 2.27.